The van der Waals surface area contributed by atoms with Gasteiger partial charge < -0.3 is 0 Å². The maximum Gasteiger partial charge on any atom is 0.444 e. The van der Waals surface area contributed by atoms with Crippen molar-refractivity contribution >= 4 is 22.5 Å². The summed E-state index contributed by atoms with van der Waals surface area (Å²) in [4.78, 5) is 6.22. The first-order valence-electron chi connectivity index (χ1n) is 3.32. The van der Waals surface area contributed by atoms with Crippen molar-refractivity contribution < 1.29 is 17.6 Å². The van der Waals surface area contributed by atoms with Crippen molar-refractivity contribution in [1.82, 2.24) is 4.98 Å². The first-order valence-corrected chi connectivity index (χ1v) is 3.70. The fraction of sp³-hybridized carbons (Fsp3) is 0.143. The molecule has 0 radical (unpaired) electrons. The van der Waals surface area contributed by atoms with Gasteiger partial charge in [-0.1, -0.05) is 11.6 Å². The summed E-state index contributed by atoms with van der Waals surface area (Å²) in [6.07, 6.45) is -2.90. The lowest BCUT2D eigenvalue weighted by atomic mass is 10.4. The molecule has 1 rings (SSSR count). The zero-order valence-corrected chi connectivity index (χ0v) is 7.27. The van der Waals surface area contributed by atoms with E-state index >= 15 is 0 Å². The highest BCUT2D eigenvalue weighted by Gasteiger charge is 2.34. The number of pyridine rings is 1. The van der Waals surface area contributed by atoms with Crippen LogP contribution in [-0.2, 0) is 0 Å². The zero-order chi connectivity index (χ0) is 10.8. The number of alkyl halides is 3. The fourth-order valence-electron chi connectivity index (χ4n) is 0.628. The summed E-state index contributed by atoms with van der Waals surface area (Å²) in [5.74, 6) is -0.963. The summed E-state index contributed by atoms with van der Waals surface area (Å²) in [7, 11) is 0. The van der Waals surface area contributed by atoms with Crippen LogP contribution in [0, 0.1) is 5.82 Å². The third-order valence-corrected chi connectivity index (χ3v) is 1.50. The number of hydrogen-bond acceptors (Lipinski definition) is 2. The Kier molecular flexibility index (Phi) is 3.05. The van der Waals surface area contributed by atoms with Crippen LogP contribution in [0.4, 0.5) is 23.2 Å². The lowest BCUT2D eigenvalue weighted by molar-refractivity contribution is -0.0558. The molecule has 0 saturated heterocycles. The average Bonchev–Trinajstić information content (AvgIpc) is 2.07. The van der Waals surface area contributed by atoms with E-state index in [0.29, 0.717) is 0 Å². The molecule has 2 nitrogen and oxygen atoms in total. The van der Waals surface area contributed by atoms with E-state index < -0.39 is 22.9 Å². The normalized spacial score (nSPS) is 13.1. The number of hydrogen-bond donors (Lipinski definition) is 0. The van der Waals surface area contributed by atoms with Gasteiger partial charge in [-0.3, -0.25) is 4.98 Å². The standard InChI is InChI=1S/C7H3ClF4N2/c8-6(7(10,11)12)14-5-1-2-13-3-4(5)9/h1-3H. The Morgan fingerprint density at radius 1 is 1.43 bits per heavy atom. The molecule has 1 aromatic heterocycles. The van der Waals surface area contributed by atoms with Crippen molar-refractivity contribution in [1.29, 1.82) is 0 Å². The molecule has 0 atom stereocenters. The van der Waals surface area contributed by atoms with Gasteiger partial charge in [0.05, 0.1) is 6.20 Å². The first-order chi connectivity index (χ1) is 6.41. The third-order valence-electron chi connectivity index (χ3n) is 1.20. The quantitative estimate of drug-likeness (QED) is 0.534. The Morgan fingerprint density at radius 3 is 2.57 bits per heavy atom. The molecular formula is C7H3ClF4N2. The molecule has 1 heterocycles. The van der Waals surface area contributed by atoms with Gasteiger partial charge in [0, 0.05) is 6.20 Å². The van der Waals surface area contributed by atoms with Crippen molar-refractivity contribution in [2.24, 2.45) is 4.99 Å². The van der Waals surface area contributed by atoms with Crippen molar-refractivity contribution in [3.8, 4) is 0 Å². The average molecular weight is 227 g/mol. The molecule has 0 bridgehead atoms. The fourth-order valence-corrected chi connectivity index (χ4v) is 0.719. The summed E-state index contributed by atoms with van der Waals surface area (Å²) in [6, 6.07) is 0.990. The van der Waals surface area contributed by atoms with Gasteiger partial charge >= 0.3 is 6.18 Å². The predicted octanol–water partition coefficient (Wildman–Crippen LogP) is 3.05. The summed E-state index contributed by atoms with van der Waals surface area (Å²) >= 11 is 4.80. The van der Waals surface area contributed by atoms with E-state index in [9.17, 15) is 17.6 Å². The van der Waals surface area contributed by atoms with E-state index in [1.807, 2.05) is 0 Å². The lowest BCUT2D eigenvalue weighted by Crippen LogP contribution is -2.16. The van der Waals surface area contributed by atoms with Gasteiger partial charge in [0.2, 0.25) is 5.17 Å². The predicted molar refractivity (Wildman–Crippen MR) is 43.2 cm³/mol. The topological polar surface area (TPSA) is 25.2 Å². The Balaban J connectivity index is 3.04. The van der Waals surface area contributed by atoms with Gasteiger partial charge in [-0.05, 0) is 6.07 Å². The summed E-state index contributed by atoms with van der Waals surface area (Å²) in [5.41, 5.74) is -0.498. The van der Waals surface area contributed by atoms with Crippen LogP contribution in [0.25, 0.3) is 0 Å². The zero-order valence-electron chi connectivity index (χ0n) is 6.52. The minimum Gasteiger partial charge on any atom is -0.262 e. The molecule has 0 saturated carbocycles. The second-order valence-electron chi connectivity index (χ2n) is 2.23. The van der Waals surface area contributed by atoms with Crippen LogP contribution in [0.3, 0.4) is 0 Å². The van der Waals surface area contributed by atoms with Crippen LogP contribution in [0.1, 0.15) is 0 Å². The summed E-state index contributed by atoms with van der Waals surface area (Å²) in [5, 5.41) is -1.62. The monoisotopic (exact) mass is 226 g/mol. The van der Waals surface area contributed by atoms with E-state index in [0.717, 1.165) is 18.5 Å². The van der Waals surface area contributed by atoms with Gasteiger partial charge in [-0.15, -0.1) is 0 Å². The molecule has 0 aliphatic carbocycles. The number of rotatable bonds is 1. The molecule has 0 fully saturated rings. The van der Waals surface area contributed by atoms with Gasteiger partial charge in [0.25, 0.3) is 0 Å². The molecule has 7 heteroatoms. The van der Waals surface area contributed by atoms with Crippen LogP contribution in [-0.4, -0.2) is 16.3 Å². The molecule has 0 spiro atoms. The van der Waals surface area contributed by atoms with Gasteiger partial charge in [0.1, 0.15) is 5.69 Å². The smallest absolute Gasteiger partial charge is 0.262 e. The van der Waals surface area contributed by atoms with Crippen molar-refractivity contribution in [2.75, 3.05) is 0 Å². The number of aromatic nitrogens is 1. The minimum absolute atomic E-state index is 0.498. The lowest BCUT2D eigenvalue weighted by Gasteiger charge is -2.02. The molecule has 76 valence electrons. The third kappa shape index (κ3) is 2.66. The van der Waals surface area contributed by atoms with Crippen LogP contribution < -0.4 is 0 Å². The van der Waals surface area contributed by atoms with Gasteiger partial charge in [-0.2, -0.15) is 13.2 Å². The van der Waals surface area contributed by atoms with E-state index in [1.165, 1.54) is 0 Å². The number of halogens is 5. The van der Waals surface area contributed by atoms with E-state index in [2.05, 4.69) is 9.98 Å². The van der Waals surface area contributed by atoms with Gasteiger partial charge in [0.15, 0.2) is 5.82 Å². The van der Waals surface area contributed by atoms with Crippen LogP contribution >= 0.6 is 11.6 Å². The summed E-state index contributed by atoms with van der Waals surface area (Å²) in [6.45, 7) is 0. The highest BCUT2D eigenvalue weighted by Crippen LogP contribution is 2.24. The van der Waals surface area contributed by atoms with E-state index in [1.54, 1.807) is 0 Å². The Bertz CT molecular complexity index is 361. The Hall–Kier alpha value is -1.17. The number of aliphatic imine (C=N–C) groups is 1. The molecule has 0 aliphatic rings. The highest BCUT2D eigenvalue weighted by molar-refractivity contribution is 6.67. The molecule has 1 aromatic rings. The molecular weight excluding hydrogens is 224 g/mol. The van der Waals surface area contributed by atoms with Crippen molar-refractivity contribution in [2.45, 2.75) is 6.18 Å². The molecule has 0 N–H and O–H groups in total. The second kappa shape index (κ2) is 3.91. The Morgan fingerprint density at radius 2 is 2.07 bits per heavy atom. The van der Waals surface area contributed by atoms with Crippen molar-refractivity contribution in [3.63, 3.8) is 0 Å². The van der Waals surface area contributed by atoms with Crippen LogP contribution in [0.15, 0.2) is 23.5 Å². The number of nitrogens with zero attached hydrogens (tertiary/aromatic N) is 2. The van der Waals surface area contributed by atoms with Gasteiger partial charge in [-0.25, -0.2) is 9.38 Å². The van der Waals surface area contributed by atoms with Crippen molar-refractivity contribution in [3.05, 3.63) is 24.3 Å². The highest BCUT2D eigenvalue weighted by atomic mass is 35.5. The molecule has 0 aliphatic heterocycles. The SMILES string of the molecule is Fc1cnccc1N=C(Cl)C(F)(F)F. The summed E-state index contributed by atoms with van der Waals surface area (Å²) < 4.78 is 48.3. The van der Waals surface area contributed by atoms with E-state index in [4.69, 9.17) is 11.6 Å². The molecule has 0 unspecified atom stereocenters. The first kappa shape index (κ1) is 10.9. The van der Waals surface area contributed by atoms with E-state index in [-0.39, 0.29) is 0 Å². The molecule has 0 aromatic carbocycles. The maximum atomic E-state index is 12.7. The van der Waals surface area contributed by atoms with Crippen LogP contribution in [0.5, 0.6) is 0 Å². The van der Waals surface area contributed by atoms with Crippen LogP contribution in [0.2, 0.25) is 0 Å². The molecule has 14 heavy (non-hydrogen) atoms. The largest absolute Gasteiger partial charge is 0.444 e. The Labute approximate surface area is 81.2 Å². The maximum absolute atomic E-state index is 12.7. The second-order valence-corrected chi connectivity index (χ2v) is 2.59. The minimum atomic E-state index is -4.77. The molecule has 0 amide bonds.